The number of unbranched alkanes of at least 4 members (excludes halogenated alkanes) is 16. The Morgan fingerprint density at radius 3 is 1.40 bits per heavy atom. The summed E-state index contributed by atoms with van der Waals surface area (Å²) >= 11 is 0. The van der Waals surface area contributed by atoms with Crippen LogP contribution < -0.4 is 0 Å². The molecule has 0 aromatic carbocycles. The second-order valence-corrected chi connectivity index (χ2v) is 10.8. The van der Waals surface area contributed by atoms with Crippen molar-refractivity contribution < 1.29 is 19.1 Å². The summed E-state index contributed by atoms with van der Waals surface area (Å²) < 4.78 is 10.1. The summed E-state index contributed by atoms with van der Waals surface area (Å²) in [5.74, 6) is -0.0508. The molecule has 0 amide bonds. The molecule has 230 valence electrons. The van der Waals surface area contributed by atoms with Gasteiger partial charge in [-0.1, -0.05) is 139 Å². The maximum atomic E-state index is 11.9. The second-order valence-electron chi connectivity index (χ2n) is 10.8. The van der Waals surface area contributed by atoms with Crippen molar-refractivity contribution in [1.29, 1.82) is 0 Å². The molecule has 0 aliphatic heterocycles. The minimum Gasteiger partial charge on any atom is -0.468 e. The van der Waals surface area contributed by atoms with E-state index in [0.717, 1.165) is 57.8 Å². The van der Waals surface area contributed by atoms with Gasteiger partial charge in [0.2, 0.25) is 0 Å². The zero-order valence-corrected chi connectivity index (χ0v) is 26.0. The van der Waals surface area contributed by atoms with Crippen molar-refractivity contribution in [2.24, 2.45) is 0 Å². The van der Waals surface area contributed by atoms with Crippen LogP contribution in [-0.4, -0.2) is 25.7 Å². The van der Waals surface area contributed by atoms with Crippen molar-refractivity contribution in [3.8, 4) is 0 Å². The summed E-state index contributed by atoms with van der Waals surface area (Å²) in [7, 11) is 0. The summed E-state index contributed by atoms with van der Waals surface area (Å²) in [6, 6.07) is 0. The SMILES string of the molecule is CCCCCC=CCC=CCC=CCC=CCCCC(=O)OCCCCCCCCCCCCCCCOC=O. The molecule has 0 bridgehead atoms. The Balaban J connectivity index is 3.34. The molecule has 0 aliphatic rings. The molecule has 0 rings (SSSR count). The number of hydrogen-bond donors (Lipinski definition) is 0. The molecule has 4 heteroatoms. The van der Waals surface area contributed by atoms with Crippen LogP contribution in [0.4, 0.5) is 0 Å². The van der Waals surface area contributed by atoms with Gasteiger partial charge in [-0.3, -0.25) is 9.59 Å². The molecule has 0 aliphatic carbocycles. The lowest BCUT2D eigenvalue weighted by atomic mass is 10.0. The number of allylic oxidation sites excluding steroid dienone is 8. The molecule has 0 saturated heterocycles. The first-order valence-electron chi connectivity index (χ1n) is 16.6. The van der Waals surface area contributed by atoms with Crippen LogP contribution in [0.5, 0.6) is 0 Å². The Kier molecular flexibility index (Phi) is 33.1. The van der Waals surface area contributed by atoms with Crippen LogP contribution >= 0.6 is 0 Å². The van der Waals surface area contributed by atoms with E-state index in [0.29, 0.717) is 26.1 Å². The first-order chi connectivity index (χ1) is 19.8. The summed E-state index contributed by atoms with van der Waals surface area (Å²) in [6.07, 6.45) is 44.3. The normalized spacial score (nSPS) is 11.9. The van der Waals surface area contributed by atoms with Crippen LogP contribution in [0.1, 0.15) is 155 Å². The van der Waals surface area contributed by atoms with E-state index in [1.807, 2.05) is 0 Å². The third-order valence-electron chi connectivity index (χ3n) is 6.95. The number of carbonyl (C=O) groups excluding carboxylic acids is 2. The monoisotopic (exact) mass is 558 g/mol. The van der Waals surface area contributed by atoms with Gasteiger partial charge < -0.3 is 9.47 Å². The highest BCUT2D eigenvalue weighted by molar-refractivity contribution is 5.69. The zero-order valence-electron chi connectivity index (χ0n) is 26.0. The van der Waals surface area contributed by atoms with Crippen LogP contribution in [0, 0.1) is 0 Å². The van der Waals surface area contributed by atoms with Gasteiger partial charge in [0.05, 0.1) is 13.2 Å². The van der Waals surface area contributed by atoms with E-state index in [2.05, 4.69) is 55.5 Å². The molecule has 0 unspecified atom stereocenters. The summed E-state index contributed by atoms with van der Waals surface area (Å²) in [5.41, 5.74) is 0. The maximum absolute atomic E-state index is 11.9. The van der Waals surface area contributed by atoms with E-state index in [1.165, 1.54) is 83.5 Å². The lowest BCUT2D eigenvalue weighted by Crippen LogP contribution is -2.05. The first kappa shape index (κ1) is 37.9. The Morgan fingerprint density at radius 2 is 0.925 bits per heavy atom. The number of ether oxygens (including phenoxy) is 2. The van der Waals surface area contributed by atoms with Crippen molar-refractivity contribution >= 4 is 12.4 Å². The number of hydrogen-bond acceptors (Lipinski definition) is 4. The van der Waals surface area contributed by atoms with Gasteiger partial charge in [0, 0.05) is 6.42 Å². The molecule has 0 radical (unpaired) electrons. The zero-order chi connectivity index (χ0) is 29.0. The molecule has 0 spiro atoms. The minimum atomic E-state index is -0.0508. The molecule has 40 heavy (non-hydrogen) atoms. The van der Waals surface area contributed by atoms with Gasteiger partial charge in [-0.25, -0.2) is 0 Å². The van der Waals surface area contributed by atoms with Gasteiger partial charge in [-0.2, -0.15) is 0 Å². The fourth-order valence-electron chi connectivity index (χ4n) is 4.46. The van der Waals surface area contributed by atoms with E-state index >= 15 is 0 Å². The molecule has 0 aromatic rings. The van der Waals surface area contributed by atoms with E-state index in [1.54, 1.807) is 0 Å². The maximum Gasteiger partial charge on any atom is 0.305 e. The topological polar surface area (TPSA) is 52.6 Å². The van der Waals surface area contributed by atoms with E-state index in [-0.39, 0.29) is 5.97 Å². The van der Waals surface area contributed by atoms with Crippen LogP contribution in [0.2, 0.25) is 0 Å². The lowest BCUT2D eigenvalue weighted by Gasteiger charge is -2.05. The van der Waals surface area contributed by atoms with Crippen molar-refractivity contribution in [2.75, 3.05) is 13.2 Å². The van der Waals surface area contributed by atoms with Crippen LogP contribution in [0.3, 0.4) is 0 Å². The van der Waals surface area contributed by atoms with E-state index in [9.17, 15) is 9.59 Å². The molecule has 4 nitrogen and oxygen atoms in total. The van der Waals surface area contributed by atoms with Crippen molar-refractivity contribution in [3.05, 3.63) is 48.6 Å². The Morgan fingerprint density at radius 1 is 0.500 bits per heavy atom. The molecular formula is C36H62O4. The Bertz CT molecular complexity index is 647. The standard InChI is InChI=1S/C36H62O4/c1-2-3-4-5-6-7-8-9-10-11-12-14-17-20-23-26-29-32-36(38)40-34-31-28-25-22-19-16-13-15-18-21-24-27-30-33-39-35-37/h6-7,9-10,12,14,20,23,35H,2-5,8,11,13,15-19,21-22,24-34H2,1H3. The Hall–Kier alpha value is -2.10. The summed E-state index contributed by atoms with van der Waals surface area (Å²) in [5, 5.41) is 0. The fraction of sp³-hybridized carbons (Fsp3) is 0.722. The predicted octanol–water partition coefficient (Wildman–Crippen LogP) is 10.9. The average Bonchev–Trinajstić information content (AvgIpc) is 2.96. The smallest absolute Gasteiger partial charge is 0.305 e. The van der Waals surface area contributed by atoms with Crippen LogP contribution in [-0.2, 0) is 19.1 Å². The quantitative estimate of drug-likeness (QED) is 0.0367. The van der Waals surface area contributed by atoms with Crippen molar-refractivity contribution in [2.45, 2.75) is 155 Å². The van der Waals surface area contributed by atoms with Crippen LogP contribution in [0.25, 0.3) is 0 Å². The third kappa shape index (κ3) is 33.9. The molecule has 0 atom stereocenters. The highest BCUT2D eigenvalue weighted by atomic mass is 16.5. The van der Waals surface area contributed by atoms with E-state index < -0.39 is 0 Å². The van der Waals surface area contributed by atoms with Gasteiger partial charge in [0.25, 0.3) is 6.47 Å². The van der Waals surface area contributed by atoms with Crippen LogP contribution in [0.15, 0.2) is 48.6 Å². The largest absolute Gasteiger partial charge is 0.468 e. The van der Waals surface area contributed by atoms with Gasteiger partial charge in [0.1, 0.15) is 0 Å². The molecule has 0 saturated carbocycles. The van der Waals surface area contributed by atoms with Gasteiger partial charge in [-0.15, -0.1) is 0 Å². The van der Waals surface area contributed by atoms with Crippen molar-refractivity contribution in [3.63, 3.8) is 0 Å². The van der Waals surface area contributed by atoms with Gasteiger partial charge >= 0.3 is 5.97 Å². The first-order valence-corrected chi connectivity index (χ1v) is 16.6. The predicted molar refractivity (Wildman–Crippen MR) is 171 cm³/mol. The Labute approximate surface area is 247 Å². The summed E-state index contributed by atoms with van der Waals surface area (Å²) in [4.78, 5) is 21.9. The lowest BCUT2D eigenvalue weighted by molar-refractivity contribution is -0.143. The molecule has 0 heterocycles. The van der Waals surface area contributed by atoms with Gasteiger partial charge in [-0.05, 0) is 57.8 Å². The number of rotatable bonds is 31. The van der Waals surface area contributed by atoms with Gasteiger partial charge in [0.15, 0.2) is 0 Å². The molecule has 0 N–H and O–H groups in total. The average molecular weight is 559 g/mol. The molecule has 0 fully saturated rings. The van der Waals surface area contributed by atoms with Crippen molar-refractivity contribution in [1.82, 2.24) is 0 Å². The minimum absolute atomic E-state index is 0.0508. The third-order valence-corrected chi connectivity index (χ3v) is 6.95. The second kappa shape index (κ2) is 34.9. The highest BCUT2D eigenvalue weighted by Crippen LogP contribution is 2.13. The molecule has 0 aromatic heterocycles. The highest BCUT2D eigenvalue weighted by Gasteiger charge is 2.01. The molecular weight excluding hydrogens is 496 g/mol. The fourth-order valence-corrected chi connectivity index (χ4v) is 4.46. The number of esters is 1. The number of carbonyl (C=O) groups is 2. The summed E-state index contributed by atoms with van der Waals surface area (Å²) in [6.45, 7) is 3.92. The van der Waals surface area contributed by atoms with E-state index in [4.69, 9.17) is 9.47 Å².